The highest BCUT2D eigenvalue weighted by molar-refractivity contribution is 7.89. The predicted molar refractivity (Wildman–Crippen MR) is 93.8 cm³/mol. The summed E-state index contributed by atoms with van der Waals surface area (Å²) in [5, 5.41) is 4.01. The van der Waals surface area contributed by atoms with Crippen LogP contribution in [0.2, 0.25) is 0 Å². The summed E-state index contributed by atoms with van der Waals surface area (Å²) in [4.78, 5) is 14.5. The van der Waals surface area contributed by atoms with Crippen molar-refractivity contribution < 1.29 is 13.2 Å². The summed E-state index contributed by atoms with van der Waals surface area (Å²) in [6, 6.07) is 5.43. The van der Waals surface area contributed by atoms with Crippen LogP contribution >= 0.6 is 0 Å². The van der Waals surface area contributed by atoms with Gasteiger partial charge in [0.25, 0.3) is 5.91 Å². The van der Waals surface area contributed by atoms with Crippen LogP contribution in [-0.2, 0) is 17.1 Å². The Morgan fingerprint density at radius 1 is 1.12 bits per heavy atom. The summed E-state index contributed by atoms with van der Waals surface area (Å²) in [6.45, 7) is 5.01. The van der Waals surface area contributed by atoms with Gasteiger partial charge in [-0.2, -0.15) is 9.40 Å². The van der Waals surface area contributed by atoms with Gasteiger partial charge in [-0.1, -0.05) is 12.1 Å². The number of amides is 1. The molecule has 1 aliphatic heterocycles. The number of piperazine rings is 1. The van der Waals surface area contributed by atoms with E-state index in [0.717, 1.165) is 11.1 Å². The number of hydrogen-bond donors (Lipinski definition) is 0. The Morgan fingerprint density at radius 3 is 2.40 bits per heavy atom. The van der Waals surface area contributed by atoms with Crippen molar-refractivity contribution >= 4 is 15.9 Å². The first-order valence-corrected chi connectivity index (χ1v) is 9.58. The zero-order chi connectivity index (χ0) is 18.2. The number of aryl methyl sites for hydroxylation is 3. The van der Waals surface area contributed by atoms with E-state index in [0.29, 0.717) is 36.6 Å². The lowest BCUT2D eigenvalue weighted by Gasteiger charge is -2.34. The van der Waals surface area contributed by atoms with E-state index in [2.05, 4.69) is 5.10 Å². The van der Waals surface area contributed by atoms with E-state index in [1.54, 1.807) is 35.8 Å². The van der Waals surface area contributed by atoms with Gasteiger partial charge in [0, 0.05) is 39.4 Å². The molecule has 0 spiro atoms. The highest BCUT2D eigenvalue weighted by Crippen LogP contribution is 2.22. The van der Waals surface area contributed by atoms with E-state index >= 15 is 0 Å². The highest BCUT2D eigenvalue weighted by Gasteiger charge is 2.31. The van der Waals surface area contributed by atoms with Crippen LogP contribution in [0.4, 0.5) is 0 Å². The second-order valence-electron chi connectivity index (χ2n) is 6.37. The van der Waals surface area contributed by atoms with Crippen molar-refractivity contribution in [2.75, 3.05) is 26.2 Å². The fourth-order valence-corrected chi connectivity index (χ4v) is 4.70. The molecule has 2 heterocycles. The Bertz CT molecular complexity index is 896. The maximum Gasteiger partial charge on any atom is 0.257 e. The van der Waals surface area contributed by atoms with Gasteiger partial charge in [-0.05, 0) is 31.0 Å². The lowest BCUT2D eigenvalue weighted by atomic mass is 10.2. The second kappa shape index (κ2) is 6.61. The van der Waals surface area contributed by atoms with Crippen LogP contribution in [0, 0.1) is 13.8 Å². The molecule has 25 heavy (non-hydrogen) atoms. The SMILES string of the molecule is Cc1ccc(C)c(S(=O)(=O)N2CCN(C(=O)c3cnn(C)c3)CC2)c1. The fourth-order valence-electron chi connectivity index (χ4n) is 2.97. The standard InChI is InChI=1S/C17H22N4O3S/c1-13-4-5-14(2)16(10-13)25(23,24)21-8-6-20(7-9-21)17(22)15-11-18-19(3)12-15/h4-5,10-12H,6-9H2,1-3H3. The molecule has 0 unspecified atom stereocenters. The zero-order valence-electron chi connectivity index (χ0n) is 14.6. The quantitative estimate of drug-likeness (QED) is 0.822. The van der Waals surface area contributed by atoms with Crippen molar-refractivity contribution in [3.8, 4) is 0 Å². The normalized spacial score (nSPS) is 16.2. The molecule has 1 aliphatic rings. The number of aromatic nitrogens is 2. The lowest BCUT2D eigenvalue weighted by Crippen LogP contribution is -2.50. The van der Waals surface area contributed by atoms with E-state index in [-0.39, 0.29) is 5.91 Å². The monoisotopic (exact) mass is 362 g/mol. The molecule has 1 amide bonds. The molecule has 134 valence electrons. The third kappa shape index (κ3) is 3.45. The van der Waals surface area contributed by atoms with Gasteiger partial charge in [-0.25, -0.2) is 8.42 Å². The van der Waals surface area contributed by atoms with Crippen molar-refractivity contribution in [2.24, 2.45) is 7.05 Å². The average molecular weight is 362 g/mol. The predicted octanol–water partition coefficient (Wildman–Crippen LogP) is 1.18. The Labute approximate surface area is 147 Å². The summed E-state index contributed by atoms with van der Waals surface area (Å²) in [7, 11) is -1.79. The van der Waals surface area contributed by atoms with Crippen molar-refractivity contribution in [3.63, 3.8) is 0 Å². The van der Waals surface area contributed by atoms with E-state index in [9.17, 15) is 13.2 Å². The molecule has 1 fully saturated rings. The van der Waals surface area contributed by atoms with Crippen LogP contribution in [0.1, 0.15) is 21.5 Å². The van der Waals surface area contributed by atoms with Crippen LogP contribution in [0.15, 0.2) is 35.5 Å². The first-order chi connectivity index (χ1) is 11.8. The molecule has 8 heteroatoms. The number of carbonyl (C=O) groups is 1. The minimum Gasteiger partial charge on any atom is -0.336 e. The molecule has 1 aromatic carbocycles. The van der Waals surface area contributed by atoms with Gasteiger partial charge < -0.3 is 4.90 Å². The van der Waals surface area contributed by atoms with Crippen molar-refractivity contribution in [1.29, 1.82) is 0 Å². The molecule has 0 radical (unpaired) electrons. The Kier molecular flexibility index (Phi) is 4.66. The molecule has 0 atom stereocenters. The van der Waals surface area contributed by atoms with Gasteiger partial charge in [0.1, 0.15) is 0 Å². The van der Waals surface area contributed by atoms with Crippen LogP contribution in [0.25, 0.3) is 0 Å². The van der Waals surface area contributed by atoms with Gasteiger partial charge >= 0.3 is 0 Å². The van der Waals surface area contributed by atoms with Gasteiger partial charge in [0.05, 0.1) is 16.7 Å². The second-order valence-corrected chi connectivity index (χ2v) is 8.27. The minimum absolute atomic E-state index is 0.114. The molecule has 2 aromatic rings. The van der Waals surface area contributed by atoms with E-state index in [1.165, 1.54) is 10.5 Å². The first kappa shape index (κ1) is 17.6. The fraction of sp³-hybridized carbons (Fsp3) is 0.412. The topological polar surface area (TPSA) is 75.5 Å². The Morgan fingerprint density at radius 2 is 1.80 bits per heavy atom. The third-order valence-electron chi connectivity index (χ3n) is 4.44. The number of rotatable bonds is 3. The third-order valence-corrected chi connectivity index (χ3v) is 6.48. The summed E-state index contributed by atoms with van der Waals surface area (Å²) < 4.78 is 28.9. The van der Waals surface area contributed by atoms with Crippen molar-refractivity contribution in [1.82, 2.24) is 19.0 Å². The largest absolute Gasteiger partial charge is 0.336 e. The van der Waals surface area contributed by atoms with Gasteiger partial charge in [0.2, 0.25) is 10.0 Å². The smallest absolute Gasteiger partial charge is 0.257 e. The van der Waals surface area contributed by atoms with Crippen molar-refractivity contribution in [3.05, 3.63) is 47.3 Å². The molecule has 0 aliphatic carbocycles. The summed E-state index contributed by atoms with van der Waals surface area (Å²) in [5.74, 6) is -0.114. The van der Waals surface area contributed by atoms with Crippen LogP contribution in [0.3, 0.4) is 0 Å². The lowest BCUT2D eigenvalue weighted by molar-refractivity contribution is 0.0698. The number of hydrogen-bond acceptors (Lipinski definition) is 4. The zero-order valence-corrected chi connectivity index (χ0v) is 15.5. The number of carbonyl (C=O) groups excluding carboxylic acids is 1. The molecular weight excluding hydrogens is 340 g/mol. The molecule has 1 saturated heterocycles. The van der Waals surface area contributed by atoms with E-state index in [1.807, 2.05) is 19.1 Å². The number of benzene rings is 1. The van der Waals surface area contributed by atoms with E-state index in [4.69, 9.17) is 0 Å². The maximum atomic E-state index is 12.9. The summed E-state index contributed by atoms with van der Waals surface area (Å²) >= 11 is 0. The van der Waals surface area contributed by atoms with Crippen LogP contribution < -0.4 is 0 Å². The summed E-state index contributed by atoms with van der Waals surface area (Å²) in [5.41, 5.74) is 2.17. The van der Waals surface area contributed by atoms with Gasteiger partial charge in [-0.3, -0.25) is 9.48 Å². The molecule has 0 bridgehead atoms. The average Bonchev–Trinajstić information content (AvgIpc) is 3.03. The first-order valence-electron chi connectivity index (χ1n) is 8.14. The number of nitrogens with zero attached hydrogens (tertiary/aromatic N) is 4. The Hall–Kier alpha value is -2.19. The van der Waals surface area contributed by atoms with Gasteiger partial charge in [0.15, 0.2) is 0 Å². The van der Waals surface area contributed by atoms with Crippen LogP contribution in [-0.4, -0.2) is 59.5 Å². The van der Waals surface area contributed by atoms with Gasteiger partial charge in [-0.15, -0.1) is 0 Å². The van der Waals surface area contributed by atoms with E-state index < -0.39 is 10.0 Å². The molecule has 7 nitrogen and oxygen atoms in total. The van der Waals surface area contributed by atoms with Crippen molar-refractivity contribution in [2.45, 2.75) is 18.7 Å². The molecule has 3 rings (SSSR count). The Balaban J connectivity index is 1.73. The molecular formula is C17H22N4O3S. The molecule has 0 saturated carbocycles. The minimum atomic E-state index is -3.55. The maximum absolute atomic E-state index is 12.9. The highest BCUT2D eigenvalue weighted by atomic mass is 32.2. The number of sulfonamides is 1. The summed E-state index contributed by atoms with van der Waals surface area (Å²) in [6.07, 6.45) is 3.20. The molecule has 1 aromatic heterocycles. The van der Waals surface area contributed by atoms with Crippen LogP contribution in [0.5, 0.6) is 0 Å². The molecule has 0 N–H and O–H groups in total.